The van der Waals surface area contributed by atoms with Gasteiger partial charge in [0.1, 0.15) is 4.90 Å². The third kappa shape index (κ3) is 2.91. The van der Waals surface area contributed by atoms with Crippen LogP contribution in [0.4, 0.5) is 5.69 Å². The Morgan fingerprint density at radius 2 is 1.95 bits per heavy atom. The summed E-state index contributed by atoms with van der Waals surface area (Å²) in [4.78, 5) is 1.22. The zero-order valence-electron chi connectivity index (χ0n) is 11.1. The quantitative estimate of drug-likeness (QED) is 0.870. The minimum Gasteiger partial charge on any atom is -0.398 e. The second kappa shape index (κ2) is 5.55. The van der Waals surface area contributed by atoms with E-state index in [1.54, 1.807) is 30.0 Å². The predicted molar refractivity (Wildman–Crippen MR) is 87.7 cm³/mol. The van der Waals surface area contributed by atoms with Gasteiger partial charge in [0.05, 0.1) is 16.5 Å². The van der Waals surface area contributed by atoms with Crippen molar-refractivity contribution in [2.75, 3.05) is 11.5 Å². The van der Waals surface area contributed by atoms with Crippen LogP contribution in [-0.4, -0.2) is 19.4 Å². The van der Waals surface area contributed by atoms with Crippen LogP contribution in [0, 0.1) is 0 Å². The average molecular weight is 340 g/mol. The molecular weight excluding hydrogens is 326 g/mol. The number of nitrogens with two attached hydrogens (primary N) is 1. The molecule has 6 heteroatoms. The van der Waals surface area contributed by atoms with Gasteiger partial charge in [0.2, 0.25) is 0 Å². The molecule has 3 rings (SSSR count). The van der Waals surface area contributed by atoms with Crippen molar-refractivity contribution in [3.05, 3.63) is 53.1 Å². The van der Waals surface area contributed by atoms with E-state index in [4.69, 9.17) is 17.3 Å². The van der Waals surface area contributed by atoms with E-state index >= 15 is 0 Å². The minimum atomic E-state index is -3.50. The second-order valence-corrected chi connectivity index (χ2v) is 8.71. The van der Waals surface area contributed by atoms with Crippen molar-refractivity contribution in [1.29, 1.82) is 0 Å². The average Bonchev–Trinajstić information content (AvgIpc) is 2.79. The summed E-state index contributed by atoms with van der Waals surface area (Å²) in [5.41, 5.74) is 7.21. The van der Waals surface area contributed by atoms with Crippen molar-refractivity contribution in [1.82, 2.24) is 0 Å². The highest BCUT2D eigenvalue weighted by molar-refractivity contribution is 8.01. The van der Waals surface area contributed by atoms with Crippen molar-refractivity contribution in [2.24, 2.45) is 0 Å². The molecule has 2 aromatic rings. The highest BCUT2D eigenvalue weighted by Gasteiger charge is 2.30. The van der Waals surface area contributed by atoms with E-state index in [1.807, 2.05) is 24.3 Å². The number of hydrogen-bond acceptors (Lipinski definition) is 4. The molecule has 110 valence electrons. The zero-order valence-corrected chi connectivity index (χ0v) is 13.5. The standard InChI is InChI=1S/C15H14ClNO2S2/c16-12-5-3-6-13(17)15(12)21(18,19)9-11-8-10-4-1-2-7-14(10)20-11/h1-7,11H,8-9,17H2. The molecule has 21 heavy (non-hydrogen) atoms. The van der Waals surface area contributed by atoms with Crippen LogP contribution >= 0.6 is 23.4 Å². The third-order valence-corrected chi connectivity index (χ3v) is 7.30. The van der Waals surface area contributed by atoms with Crippen LogP contribution in [0.15, 0.2) is 52.3 Å². The Balaban J connectivity index is 1.86. The maximum Gasteiger partial charge on any atom is 0.182 e. The minimum absolute atomic E-state index is 0.00285. The SMILES string of the molecule is Nc1cccc(Cl)c1S(=O)(=O)CC1Cc2ccccc2S1. The molecule has 3 nitrogen and oxygen atoms in total. The van der Waals surface area contributed by atoms with Crippen LogP contribution in [0.3, 0.4) is 0 Å². The molecule has 0 aromatic heterocycles. The van der Waals surface area contributed by atoms with Crippen molar-refractivity contribution < 1.29 is 8.42 Å². The molecule has 0 fully saturated rings. The fourth-order valence-electron chi connectivity index (χ4n) is 2.53. The summed E-state index contributed by atoms with van der Waals surface area (Å²) < 4.78 is 25.2. The molecule has 0 saturated carbocycles. The smallest absolute Gasteiger partial charge is 0.182 e. The van der Waals surface area contributed by atoms with Crippen LogP contribution in [0.25, 0.3) is 0 Å². The Hall–Kier alpha value is -1.17. The van der Waals surface area contributed by atoms with E-state index in [2.05, 4.69) is 0 Å². The summed E-state index contributed by atoms with van der Waals surface area (Å²) in [6, 6.07) is 12.8. The molecule has 2 N–H and O–H groups in total. The summed E-state index contributed by atoms with van der Waals surface area (Å²) in [6.45, 7) is 0. The van der Waals surface area contributed by atoms with Gasteiger partial charge >= 0.3 is 0 Å². The van der Waals surface area contributed by atoms with Crippen molar-refractivity contribution in [3.63, 3.8) is 0 Å². The molecule has 1 heterocycles. The molecule has 0 amide bonds. The highest BCUT2D eigenvalue weighted by Crippen LogP contribution is 2.39. The fraction of sp³-hybridized carbons (Fsp3) is 0.200. The third-order valence-electron chi connectivity index (χ3n) is 3.43. The van der Waals surface area contributed by atoms with E-state index in [-0.39, 0.29) is 26.6 Å². The Morgan fingerprint density at radius 3 is 2.67 bits per heavy atom. The lowest BCUT2D eigenvalue weighted by atomic mass is 10.1. The maximum atomic E-state index is 12.6. The van der Waals surface area contributed by atoms with Gasteiger partial charge < -0.3 is 5.73 Å². The topological polar surface area (TPSA) is 60.2 Å². The first-order chi connectivity index (χ1) is 9.97. The first kappa shape index (κ1) is 14.8. The number of benzene rings is 2. The lowest BCUT2D eigenvalue weighted by molar-refractivity contribution is 0.595. The van der Waals surface area contributed by atoms with Crippen LogP contribution < -0.4 is 5.73 Å². The van der Waals surface area contributed by atoms with E-state index in [0.29, 0.717) is 0 Å². The Labute approximate surface area is 133 Å². The van der Waals surface area contributed by atoms with Gasteiger partial charge in [-0.2, -0.15) is 0 Å². The number of sulfone groups is 1. The zero-order chi connectivity index (χ0) is 15.0. The summed E-state index contributed by atoms with van der Waals surface area (Å²) in [7, 11) is -3.50. The summed E-state index contributed by atoms with van der Waals surface area (Å²) in [5, 5.41) is 0.193. The molecular formula is C15H14ClNO2S2. The van der Waals surface area contributed by atoms with Gasteiger partial charge in [-0.05, 0) is 30.2 Å². The molecule has 1 aliphatic heterocycles. The van der Waals surface area contributed by atoms with Crippen molar-refractivity contribution >= 4 is 38.9 Å². The molecule has 0 bridgehead atoms. The van der Waals surface area contributed by atoms with E-state index < -0.39 is 9.84 Å². The van der Waals surface area contributed by atoms with Crippen LogP contribution in [0.1, 0.15) is 5.56 Å². The number of rotatable bonds is 3. The first-order valence-electron chi connectivity index (χ1n) is 6.49. The van der Waals surface area contributed by atoms with Crippen molar-refractivity contribution in [3.8, 4) is 0 Å². The Bertz CT molecular complexity index is 745. The summed E-state index contributed by atoms with van der Waals surface area (Å²) in [5.74, 6) is 0.0419. The molecule has 1 atom stereocenters. The number of hydrogen-bond donors (Lipinski definition) is 1. The molecule has 0 saturated heterocycles. The van der Waals surface area contributed by atoms with Crippen LogP contribution in [0.2, 0.25) is 5.02 Å². The Kier molecular flexibility index (Phi) is 3.90. The lowest BCUT2D eigenvalue weighted by Gasteiger charge is -2.12. The lowest BCUT2D eigenvalue weighted by Crippen LogP contribution is -2.19. The summed E-state index contributed by atoms with van der Waals surface area (Å²) in [6.07, 6.45) is 0.754. The predicted octanol–water partition coefficient (Wildman–Crippen LogP) is 3.41. The van der Waals surface area contributed by atoms with E-state index in [1.165, 1.54) is 5.56 Å². The normalized spacial score (nSPS) is 17.7. The largest absolute Gasteiger partial charge is 0.398 e. The number of halogens is 1. The monoisotopic (exact) mass is 339 g/mol. The first-order valence-corrected chi connectivity index (χ1v) is 9.39. The molecule has 0 radical (unpaired) electrons. The Morgan fingerprint density at radius 1 is 1.19 bits per heavy atom. The molecule has 1 aliphatic rings. The number of thioether (sulfide) groups is 1. The summed E-state index contributed by atoms with van der Waals surface area (Å²) >= 11 is 7.63. The van der Waals surface area contributed by atoms with Crippen molar-refractivity contribution in [2.45, 2.75) is 21.5 Å². The van der Waals surface area contributed by atoms with Gasteiger partial charge in [0, 0.05) is 10.1 Å². The number of anilines is 1. The van der Waals surface area contributed by atoms with E-state index in [0.717, 1.165) is 11.3 Å². The van der Waals surface area contributed by atoms with Gasteiger partial charge in [0.15, 0.2) is 9.84 Å². The van der Waals surface area contributed by atoms with Gasteiger partial charge in [-0.3, -0.25) is 0 Å². The second-order valence-electron chi connectivity index (χ2n) is 4.99. The van der Waals surface area contributed by atoms with Gasteiger partial charge in [-0.1, -0.05) is 35.9 Å². The van der Waals surface area contributed by atoms with Gasteiger partial charge in [-0.25, -0.2) is 8.42 Å². The van der Waals surface area contributed by atoms with Gasteiger partial charge in [0.25, 0.3) is 0 Å². The number of fused-ring (bicyclic) bond motifs is 1. The highest BCUT2D eigenvalue weighted by atomic mass is 35.5. The number of nitrogen functional groups attached to an aromatic ring is 1. The van der Waals surface area contributed by atoms with E-state index in [9.17, 15) is 8.42 Å². The molecule has 0 aliphatic carbocycles. The fourth-order valence-corrected chi connectivity index (χ4v) is 6.52. The molecule has 2 aromatic carbocycles. The molecule has 1 unspecified atom stereocenters. The van der Waals surface area contributed by atoms with Crippen LogP contribution in [-0.2, 0) is 16.3 Å². The van der Waals surface area contributed by atoms with Gasteiger partial charge in [-0.15, -0.1) is 11.8 Å². The van der Waals surface area contributed by atoms with Crippen LogP contribution in [0.5, 0.6) is 0 Å². The maximum absolute atomic E-state index is 12.6. The molecule has 0 spiro atoms.